The van der Waals surface area contributed by atoms with Crippen molar-refractivity contribution >= 4 is 10.8 Å². The van der Waals surface area contributed by atoms with Gasteiger partial charge >= 0.3 is 0 Å². The molecule has 2 fully saturated rings. The van der Waals surface area contributed by atoms with Gasteiger partial charge in [-0.1, -0.05) is 54.6 Å². The van der Waals surface area contributed by atoms with Crippen molar-refractivity contribution in [3.63, 3.8) is 0 Å². The van der Waals surface area contributed by atoms with Crippen LogP contribution in [0.25, 0.3) is 10.8 Å². The second-order valence-corrected chi connectivity index (χ2v) is 8.56. The summed E-state index contributed by atoms with van der Waals surface area (Å²) in [4.78, 5) is 3.64. The highest BCUT2D eigenvalue weighted by molar-refractivity contribution is 5.85. The van der Waals surface area contributed by atoms with Crippen molar-refractivity contribution in [2.45, 2.75) is 19.4 Å². The van der Waals surface area contributed by atoms with E-state index in [0.29, 0.717) is 0 Å². The van der Waals surface area contributed by atoms with Crippen LogP contribution in [0.4, 0.5) is 0 Å². The molecular formula is C23H30N2+2. The van der Waals surface area contributed by atoms with Gasteiger partial charge in [0.1, 0.15) is 32.7 Å². The molecule has 2 heteroatoms. The predicted molar refractivity (Wildman–Crippen MR) is 103 cm³/mol. The van der Waals surface area contributed by atoms with Gasteiger partial charge in [-0.25, -0.2) is 0 Å². The molecule has 0 aromatic heterocycles. The first-order valence-corrected chi connectivity index (χ1v) is 10.2. The molecule has 2 aromatic rings. The molecule has 3 atom stereocenters. The summed E-state index contributed by atoms with van der Waals surface area (Å²) in [7, 11) is 0. The number of nitrogens with one attached hydrogen (secondary N) is 2. The molecule has 0 amide bonds. The standard InChI is InChI=1S/C23H28N2/c1-2-7-23-19(4-1)5-3-6-21(23)16-24-10-12-25(13-11-24)17-22-15-18-8-9-20(22)14-18/h1-9,18,20,22H,10-17H2/p+2/t18-,20+,22-/m1/s1. The van der Waals surface area contributed by atoms with Crippen LogP contribution in [0.15, 0.2) is 54.6 Å². The summed E-state index contributed by atoms with van der Waals surface area (Å²) in [5.74, 6) is 2.82. The number of fused-ring (bicyclic) bond motifs is 3. The average Bonchev–Trinajstić information content (AvgIpc) is 3.27. The van der Waals surface area contributed by atoms with Gasteiger partial charge in [0.15, 0.2) is 0 Å². The zero-order valence-corrected chi connectivity index (χ0v) is 15.1. The van der Waals surface area contributed by atoms with Gasteiger partial charge in [-0.15, -0.1) is 0 Å². The lowest BCUT2D eigenvalue weighted by atomic mass is 9.93. The largest absolute Gasteiger partial charge is 0.325 e. The first-order chi connectivity index (χ1) is 12.3. The summed E-state index contributed by atoms with van der Waals surface area (Å²) in [5.41, 5.74) is 1.52. The van der Waals surface area contributed by atoms with Crippen molar-refractivity contribution in [3.8, 4) is 0 Å². The first-order valence-electron chi connectivity index (χ1n) is 10.2. The first kappa shape index (κ1) is 15.6. The van der Waals surface area contributed by atoms with Gasteiger partial charge in [-0.3, -0.25) is 0 Å². The van der Waals surface area contributed by atoms with Crippen LogP contribution in [-0.4, -0.2) is 32.7 Å². The van der Waals surface area contributed by atoms with Gasteiger partial charge in [0.25, 0.3) is 0 Å². The van der Waals surface area contributed by atoms with Gasteiger partial charge in [-0.05, 0) is 35.4 Å². The summed E-state index contributed by atoms with van der Waals surface area (Å²) in [5, 5.41) is 2.83. The fraction of sp³-hybridized carbons (Fsp3) is 0.478. The molecule has 2 aromatic carbocycles. The van der Waals surface area contributed by atoms with Crippen LogP contribution < -0.4 is 9.80 Å². The molecule has 1 saturated carbocycles. The molecule has 25 heavy (non-hydrogen) atoms. The van der Waals surface area contributed by atoms with Gasteiger partial charge in [0.2, 0.25) is 0 Å². The van der Waals surface area contributed by atoms with Crippen molar-refractivity contribution in [1.29, 1.82) is 0 Å². The van der Waals surface area contributed by atoms with Crippen molar-refractivity contribution in [2.75, 3.05) is 32.7 Å². The third-order valence-electron chi connectivity index (χ3n) is 6.95. The van der Waals surface area contributed by atoms with Gasteiger partial charge in [0.05, 0.1) is 6.54 Å². The molecule has 1 heterocycles. The van der Waals surface area contributed by atoms with Crippen molar-refractivity contribution < 1.29 is 9.80 Å². The van der Waals surface area contributed by atoms with E-state index in [4.69, 9.17) is 0 Å². The number of hydrogen-bond donors (Lipinski definition) is 2. The Morgan fingerprint density at radius 1 is 0.800 bits per heavy atom. The SMILES string of the molecule is C1=C[C@H]2C[C@@H]1C[C@@H]2C[NH+]1CC[NH+](Cc2cccc3ccccc23)CC1. The zero-order valence-electron chi connectivity index (χ0n) is 15.1. The van der Waals surface area contributed by atoms with E-state index in [-0.39, 0.29) is 0 Å². The van der Waals surface area contributed by atoms with E-state index in [1.54, 1.807) is 4.90 Å². The fourth-order valence-electron chi connectivity index (χ4n) is 5.55. The Morgan fingerprint density at radius 2 is 1.60 bits per heavy atom. The molecule has 5 rings (SSSR count). The van der Waals surface area contributed by atoms with E-state index < -0.39 is 0 Å². The Balaban J connectivity index is 1.18. The zero-order chi connectivity index (χ0) is 16.6. The van der Waals surface area contributed by atoms with Crippen LogP contribution in [0, 0.1) is 17.8 Å². The second-order valence-electron chi connectivity index (χ2n) is 8.56. The Morgan fingerprint density at radius 3 is 2.40 bits per heavy atom. The van der Waals surface area contributed by atoms with E-state index in [2.05, 4.69) is 54.6 Å². The maximum Gasteiger partial charge on any atom is 0.127 e. The molecule has 2 bridgehead atoms. The van der Waals surface area contributed by atoms with Gasteiger partial charge < -0.3 is 9.80 Å². The van der Waals surface area contributed by atoms with E-state index >= 15 is 0 Å². The average molecular weight is 335 g/mol. The molecule has 3 aliphatic rings. The minimum atomic E-state index is 0.915. The third-order valence-corrected chi connectivity index (χ3v) is 6.95. The van der Waals surface area contributed by atoms with Crippen LogP contribution in [0.2, 0.25) is 0 Å². The monoisotopic (exact) mass is 334 g/mol. The van der Waals surface area contributed by atoms with Gasteiger partial charge in [-0.2, -0.15) is 0 Å². The van der Waals surface area contributed by atoms with Crippen LogP contribution in [0.3, 0.4) is 0 Å². The quantitative estimate of drug-likeness (QED) is 0.781. The van der Waals surface area contributed by atoms with Gasteiger partial charge in [0, 0.05) is 11.5 Å². The van der Waals surface area contributed by atoms with Crippen LogP contribution >= 0.6 is 0 Å². The normalized spacial score (nSPS) is 34.0. The van der Waals surface area contributed by atoms with Crippen LogP contribution in [0.5, 0.6) is 0 Å². The third kappa shape index (κ3) is 3.14. The minimum absolute atomic E-state index is 0.915. The maximum atomic E-state index is 2.51. The van der Waals surface area contributed by atoms with Crippen LogP contribution in [-0.2, 0) is 6.54 Å². The van der Waals surface area contributed by atoms with Crippen molar-refractivity contribution in [3.05, 3.63) is 60.2 Å². The lowest BCUT2D eigenvalue weighted by Crippen LogP contribution is -3.27. The number of quaternary nitrogens is 2. The fourth-order valence-corrected chi connectivity index (χ4v) is 5.55. The van der Waals surface area contributed by atoms with E-state index in [0.717, 1.165) is 17.8 Å². The molecular weight excluding hydrogens is 304 g/mol. The Hall–Kier alpha value is -1.64. The second kappa shape index (κ2) is 6.59. The van der Waals surface area contributed by atoms with Crippen molar-refractivity contribution in [2.24, 2.45) is 17.8 Å². The summed E-state index contributed by atoms with van der Waals surface area (Å²) in [6.07, 6.45) is 7.91. The lowest BCUT2D eigenvalue weighted by molar-refractivity contribution is -1.02. The topological polar surface area (TPSA) is 8.88 Å². The number of allylic oxidation sites excluding steroid dienone is 2. The number of benzene rings is 2. The molecule has 0 unspecified atom stereocenters. The van der Waals surface area contributed by atoms with E-state index in [1.807, 2.05) is 4.90 Å². The lowest BCUT2D eigenvalue weighted by Gasteiger charge is -2.32. The minimum Gasteiger partial charge on any atom is -0.325 e. The smallest absolute Gasteiger partial charge is 0.127 e. The molecule has 2 nitrogen and oxygen atoms in total. The highest BCUT2D eigenvalue weighted by atomic mass is 15.3. The Kier molecular flexibility index (Phi) is 4.11. The summed E-state index contributed by atoms with van der Waals surface area (Å²) in [6.45, 7) is 7.98. The summed E-state index contributed by atoms with van der Waals surface area (Å²) in [6, 6.07) is 15.6. The Labute approximate surface area is 151 Å². The summed E-state index contributed by atoms with van der Waals surface area (Å²) < 4.78 is 0. The molecule has 2 aliphatic carbocycles. The molecule has 1 aliphatic heterocycles. The summed E-state index contributed by atoms with van der Waals surface area (Å²) >= 11 is 0. The number of hydrogen-bond acceptors (Lipinski definition) is 0. The molecule has 0 radical (unpaired) electrons. The van der Waals surface area contributed by atoms with Crippen molar-refractivity contribution in [1.82, 2.24) is 0 Å². The highest BCUT2D eigenvalue weighted by Crippen LogP contribution is 2.42. The molecule has 130 valence electrons. The predicted octanol–water partition coefficient (Wildman–Crippen LogP) is 1.34. The molecule has 2 N–H and O–H groups in total. The highest BCUT2D eigenvalue weighted by Gasteiger charge is 2.38. The molecule has 1 saturated heterocycles. The van der Waals surface area contributed by atoms with E-state index in [1.165, 1.54) is 68.4 Å². The van der Waals surface area contributed by atoms with Crippen LogP contribution in [0.1, 0.15) is 18.4 Å². The maximum absolute atomic E-state index is 2.51. The molecule has 0 spiro atoms. The van der Waals surface area contributed by atoms with E-state index in [9.17, 15) is 0 Å². The Bertz CT molecular complexity index is 767. The number of piperazine rings is 1. The number of rotatable bonds is 4.